The molecule has 0 aliphatic carbocycles. The summed E-state index contributed by atoms with van der Waals surface area (Å²) in [6.07, 6.45) is 5.20. The number of carbonyl (C=O) groups is 3. The molecule has 0 bridgehead atoms. The molecule has 2 aromatic carbocycles. The summed E-state index contributed by atoms with van der Waals surface area (Å²) < 4.78 is 5.18. The van der Waals surface area contributed by atoms with E-state index in [0.29, 0.717) is 17.0 Å². The van der Waals surface area contributed by atoms with E-state index in [0.717, 1.165) is 11.1 Å². The zero-order chi connectivity index (χ0) is 22.6. The Morgan fingerprint density at radius 3 is 2.41 bits per heavy atom. The number of amides is 2. The Bertz CT molecular complexity index is 1180. The van der Waals surface area contributed by atoms with Gasteiger partial charge in [0.25, 0.3) is 0 Å². The number of anilines is 1. The summed E-state index contributed by atoms with van der Waals surface area (Å²) in [5, 5.41) is 6.01. The van der Waals surface area contributed by atoms with Gasteiger partial charge in [0.05, 0.1) is 30.7 Å². The minimum atomic E-state index is -0.855. The number of ether oxygens (including phenoxy) is 1. The summed E-state index contributed by atoms with van der Waals surface area (Å²) >= 11 is 0. The molecule has 32 heavy (non-hydrogen) atoms. The lowest BCUT2D eigenvalue weighted by Gasteiger charge is -2.30. The van der Waals surface area contributed by atoms with Crippen LogP contribution in [0.2, 0.25) is 0 Å². The molecule has 2 amide bonds. The predicted octanol–water partition coefficient (Wildman–Crippen LogP) is 2.91. The molecule has 5 rings (SSSR count). The van der Waals surface area contributed by atoms with Crippen molar-refractivity contribution in [3.63, 3.8) is 0 Å². The smallest absolute Gasteiger partial charge is 0.240 e. The number of hydrogen-bond acceptors (Lipinski definition) is 6. The number of nitrogens with zero attached hydrogens (tertiary/aromatic N) is 3. The van der Waals surface area contributed by atoms with Gasteiger partial charge in [0.2, 0.25) is 11.8 Å². The summed E-state index contributed by atoms with van der Waals surface area (Å²) in [5.74, 6) is -1.70. The normalized spacial score (nSPS) is 25.8. The lowest BCUT2D eigenvalue weighted by atomic mass is 9.86. The average Bonchev–Trinajstić information content (AvgIpc) is 3.27. The molecule has 3 aliphatic rings. The number of benzene rings is 2. The third-order valence-corrected chi connectivity index (χ3v) is 6.53. The van der Waals surface area contributed by atoms with Crippen LogP contribution < -0.4 is 9.64 Å². The van der Waals surface area contributed by atoms with Gasteiger partial charge in [-0.1, -0.05) is 23.8 Å². The Hall–Kier alpha value is -3.74. The number of hydrogen-bond donors (Lipinski definition) is 0. The van der Waals surface area contributed by atoms with Gasteiger partial charge < -0.3 is 4.74 Å². The molecule has 0 radical (unpaired) electrons. The van der Waals surface area contributed by atoms with E-state index < -0.39 is 23.9 Å². The highest BCUT2D eigenvalue weighted by atomic mass is 16.5. The fraction of sp³-hybridized carbons (Fsp3) is 0.280. The third kappa shape index (κ3) is 2.88. The molecule has 162 valence electrons. The van der Waals surface area contributed by atoms with Gasteiger partial charge in [-0.25, -0.2) is 4.90 Å². The second-order valence-electron chi connectivity index (χ2n) is 8.41. The van der Waals surface area contributed by atoms with Crippen LogP contribution in [0.4, 0.5) is 5.69 Å². The van der Waals surface area contributed by atoms with Crippen molar-refractivity contribution in [3.8, 4) is 5.75 Å². The van der Waals surface area contributed by atoms with Crippen molar-refractivity contribution < 1.29 is 19.1 Å². The maximum atomic E-state index is 13.7. The van der Waals surface area contributed by atoms with Crippen molar-refractivity contribution in [1.82, 2.24) is 5.01 Å². The Morgan fingerprint density at radius 1 is 1.00 bits per heavy atom. The monoisotopic (exact) mass is 429 g/mol. The SMILES string of the molecule is COc1ccc(C(=O)C2C3C(=O)N(c4ccc(C)cc4C)C(=O)C3C3C=CC=NN32)cc1. The first kappa shape index (κ1) is 20.2. The van der Waals surface area contributed by atoms with Crippen LogP contribution >= 0.6 is 0 Å². The molecule has 2 aromatic rings. The molecule has 4 atom stereocenters. The molecule has 7 nitrogen and oxygen atoms in total. The van der Waals surface area contributed by atoms with Crippen molar-refractivity contribution in [1.29, 1.82) is 0 Å². The molecule has 2 fully saturated rings. The molecule has 0 saturated carbocycles. The fourth-order valence-corrected chi connectivity index (χ4v) is 5.06. The molecule has 3 heterocycles. The van der Waals surface area contributed by atoms with Crippen LogP contribution in [-0.2, 0) is 9.59 Å². The second kappa shape index (κ2) is 7.44. The lowest BCUT2D eigenvalue weighted by Crippen LogP contribution is -2.46. The van der Waals surface area contributed by atoms with Gasteiger partial charge in [0.15, 0.2) is 5.78 Å². The number of fused-ring (bicyclic) bond motifs is 3. The van der Waals surface area contributed by atoms with Crippen molar-refractivity contribution in [3.05, 3.63) is 71.3 Å². The van der Waals surface area contributed by atoms with Gasteiger partial charge in [0.1, 0.15) is 11.8 Å². The van der Waals surface area contributed by atoms with E-state index in [4.69, 9.17) is 4.74 Å². The first-order chi connectivity index (χ1) is 15.4. The lowest BCUT2D eigenvalue weighted by molar-refractivity contribution is -0.123. The maximum absolute atomic E-state index is 13.7. The summed E-state index contributed by atoms with van der Waals surface area (Å²) in [6, 6.07) is 11.1. The highest BCUT2D eigenvalue weighted by Gasteiger charge is 2.64. The minimum absolute atomic E-state index is 0.235. The van der Waals surface area contributed by atoms with Crippen LogP contribution in [0.15, 0.2) is 59.7 Å². The zero-order valence-electron chi connectivity index (χ0n) is 18.1. The van der Waals surface area contributed by atoms with Crippen LogP contribution in [0.3, 0.4) is 0 Å². The first-order valence-corrected chi connectivity index (χ1v) is 10.5. The fourth-order valence-electron chi connectivity index (χ4n) is 5.06. The molecule has 0 aromatic heterocycles. The zero-order valence-corrected chi connectivity index (χ0v) is 18.1. The van der Waals surface area contributed by atoms with Crippen LogP contribution in [0.25, 0.3) is 0 Å². The number of carbonyl (C=O) groups excluding carboxylic acids is 3. The highest BCUT2D eigenvalue weighted by Crippen LogP contribution is 2.46. The van der Waals surface area contributed by atoms with Crippen LogP contribution in [0.1, 0.15) is 21.5 Å². The van der Waals surface area contributed by atoms with Crippen LogP contribution in [0.5, 0.6) is 5.75 Å². The number of imide groups is 1. The Labute approximate surface area is 186 Å². The summed E-state index contributed by atoms with van der Waals surface area (Å²) in [7, 11) is 1.56. The van der Waals surface area contributed by atoms with Crippen LogP contribution in [0, 0.1) is 25.7 Å². The standard InChI is InChI=1S/C25H23N3O4/c1-14-6-11-18(15(2)13-14)27-24(30)20-19-5-4-12-26-28(19)22(21(20)25(27)31)23(29)16-7-9-17(32-3)10-8-16/h4-13,19-22H,1-3H3. The van der Waals surface area contributed by atoms with Gasteiger partial charge in [-0.15, -0.1) is 0 Å². The predicted molar refractivity (Wildman–Crippen MR) is 120 cm³/mol. The number of ketones is 1. The number of hydrazone groups is 1. The quantitative estimate of drug-likeness (QED) is 0.552. The van der Waals surface area contributed by atoms with Gasteiger partial charge in [-0.3, -0.25) is 19.4 Å². The van der Waals surface area contributed by atoms with Crippen LogP contribution in [-0.4, -0.2) is 48.0 Å². The number of allylic oxidation sites excluding steroid dienone is 1. The minimum Gasteiger partial charge on any atom is -0.497 e. The molecular formula is C25H23N3O4. The summed E-state index contributed by atoms with van der Waals surface area (Å²) in [4.78, 5) is 42.1. The van der Waals surface area contributed by atoms with E-state index in [1.54, 1.807) is 54.7 Å². The molecule has 2 saturated heterocycles. The number of rotatable bonds is 4. The van der Waals surface area contributed by atoms with Crippen molar-refractivity contribution in [2.45, 2.75) is 25.9 Å². The Kier molecular flexibility index (Phi) is 4.69. The molecular weight excluding hydrogens is 406 g/mol. The average molecular weight is 429 g/mol. The van der Waals surface area contributed by atoms with Crippen molar-refractivity contribution >= 4 is 29.5 Å². The van der Waals surface area contributed by atoms with Gasteiger partial charge in [0, 0.05) is 11.8 Å². The molecule has 0 spiro atoms. The number of Topliss-reactive ketones (excluding diaryl/α,β-unsaturated/α-hetero) is 1. The number of aryl methyl sites for hydroxylation is 2. The molecule has 7 heteroatoms. The van der Waals surface area contributed by atoms with E-state index in [9.17, 15) is 14.4 Å². The molecule has 3 aliphatic heterocycles. The highest BCUT2D eigenvalue weighted by molar-refractivity contribution is 6.25. The van der Waals surface area contributed by atoms with E-state index in [2.05, 4.69) is 5.10 Å². The van der Waals surface area contributed by atoms with Gasteiger partial charge >= 0.3 is 0 Å². The van der Waals surface area contributed by atoms with E-state index in [1.165, 1.54) is 4.90 Å². The molecule has 0 N–H and O–H groups in total. The second-order valence-corrected chi connectivity index (χ2v) is 8.41. The molecule has 4 unspecified atom stereocenters. The van der Waals surface area contributed by atoms with E-state index >= 15 is 0 Å². The summed E-state index contributed by atoms with van der Waals surface area (Å²) in [5.41, 5.74) is 2.92. The number of methoxy groups -OCH3 is 1. The third-order valence-electron chi connectivity index (χ3n) is 6.53. The van der Waals surface area contributed by atoms with Gasteiger partial charge in [-0.05, 0) is 55.8 Å². The maximum Gasteiger partial charge on any atom is 0.240 e. The van der Waals surface area contributed by atoms with E-state index in [-0.39, 0.29) is 17.6 Å². The van der Waals surface area contributed by atoms with Crippen molar-refractivity contribution in [2.75, 3.05) is 12.0 Å². The summed E-state index contributed by atoms with van der Waals surface area (Å²) in [6.45, 7) is 3.85. The van der Waals surface area contributed by atoms with Gasteiger partial charge in [-0.2, -0.15) is 5.10 Å². The Balaban J connectivity index is 1.57. The topological polar surface area (TPSA) is 79.3 Å². The first-order valence-electron chi connectivity index (χ1n) is 10.5. The Morgan fingerprint density at radius 2 is 1.72 bits per heavy atom. The van der Waals surface area contributed by atoms with E-state index in [1.807, 2.05) is 32.1 Å². The largest absolute Gasteiger partial charge is 0.497 e. The van der Waals surface area contributed by atoms with Crippen molar-refractivity contribution in [2.24, 2.45) is 16.9 Å².